The van der Waals surface area contributed by atoms with E-state index in [2.05, 4.69) is 4.98 Å². The molecule has 1 aliphatic rings. The first kappa shape index (κ1) is 18.4. The molecular formula is C18H20F3N3O2. The van der Waals surface area contributed by atoms with Crippen LogP contribution in [-0.2, 0) is 4.79 Å². The minimum atomic E-state index is -4.99. The van der Waals surface area contributed by atoms with Crippen LogP contribution >= 0.6 is 0 Å². The molecule has 2 aromatic rings. The molecule has 2 heterocycles. The third-order valence-corrected chi connectivity index (χ3v) is 4.81. The Morgan fingerprint density at radius 1 is 1.19 bits per heavy atom. The molecule has 0 saturated carbocycles. The summed E-state index contributed by atoms with van der Waals surface area (Å²) < 4.78 is 40.6. The largest absolute Gasteiger partial charge is 0.426 e. The van der Waals surface area contributed by atoms with Crippen LogP contribution in [0, 0.1) is 0 Å². The molecule has 0 radical (unpaired) electrons. The summed E-state index contributed by atoms with van der Waals surface area (Å²) in [6, 6.07) is 9.65. The second-order valence-electron chi connectivity index (χ2n) is 6.62. The molecule has 1 saturated heterocycles. The molecule has 0 bridgehead atoms. The standard InChI is InChI=1S/C18H20F3N3O2/c1-17(26,18(19,20)21)16(25)23-10-7-14(8-11-23)24-12-9-22-15(24)13-5-3-2-4-6-13/h2-6,9,12,14,26H,7-8,10-11H2,1H3/t17-/m1/s1. The van der Waals surface area contributed by atoms with Crippen molar-refractivity contribution in [3.63, 3.8) is 0 Å². The number of hydrogen-bond acceptors (Lipinski definition) is 3. The highest BCUT2D eigenvalue weighted by Gasteiger charge is 2.57. The molecule has 1 N–H and O–H groups in total. The van der Waals surface area contributed by atoms with Gasteiger partial charge in [0.25, 0.3) is 5.91 Å². The summed E-state index contributed by atoms with van der Waals surface area (Å²) in [6.07, 6.45) is -0.470. The van der Waals surface area contributed by atoms with E-state index in [9.17, 15) is 23.1 Å². The summed E-state index contributed by atoms with van der Waals surface area (Å²) in [7, 11) is 0. The van der Waals surface area contributed by atoms with E-state index in [-0.39, 0.29) is 19.1 Å². The van der Waals surface area contributed by atoms with Gasteiger partial charge in [-0.1, -0.05) is 30.3 Å². The van der Waals surface area contributed by atoms with Gasteiger partial charge in [-0.25, -0.2) is 4.98 Å². The number of aromatic nitrogens is 2. The van der Waals surface area contributed by atoms with Gasteiger partial charge in [0.1, 0.15) is 5.82 Å². The van der Waals surface area contributed by atoms with Crippen LogP contribution in [0.2, 0.25) is 0 Å². The maximum atomic E-state index is 12.9. The fraction of sp³-hybridized carbons (Fsp3) is 0.444. The van der Waals surface area contributed by atoms with Crippen molar-refractivity contribution in [1.29, 1.82) is 0 Å². The maximum absolute atomic E-state index is 12.9. The van der Waals surface area contributed by atoms with E-state index in [1.54, 1.807) is 6.20 Å². The van der Waals surface area contributed by atoms with Crippen molar-refractivity contribution in [2.75, 3.05) is 13.1 Å². The molecule has 1 amide bonds. The number of rotatable bonds is 3. The van der Waals surface area contributed by atoms with E-state index in [0.717, 1.165) is 16.3 Å². The molecule has 0 aliphatic carbocycles. The van der Waals surface area contributed by atoms with Gasteiger partial charge in [0.15, 0.2) is 0 Å². The van der Waals surface area contributed by atoms with Crippen LogP contribution in [0.5, 0.6) is 0 Å². The molecule has 1 atom stereocenters. The van der Waals surface area contributed by atoms with Crippen molar-refractivity contribution < 1.29 is 23.1 Å². The third kappa shape index (κ3) is 3.33. The van der Waals surface area contributed by atoms with Crippen molar-refractivity contribution in [3.8, 4) is 11.4 Å². The first-order valence-corrected chi connectivity index (χ1v) is 8.38. The smallest absolute Gasteiger partial charge is 0.373 e. The number of halogens is 3. The van der Waals surface area contributed by atoms with Gasteiger partial charge in [0, 0.05) is 37.1 Å². The SMILES string of the molecule is C[C@@](O)(C(=O)N1CCC(n2ccnc2-c2ccccc2)CC1)C(F)(F)F. The lowest BCUT2D eigenvalue weighted by Gasteiger charge is -2.37. The van der Waals surface area contributed by atoms with Crippen LogP contribution in [0.15, 0.2) is 42.7 Å². The molecule has 140 valence electrons. The summed E-state index contributed by atoms with van der Waals surface area (Å²) in [5, 5.41) is 9.58. The number of aliphatic hydroxyl groups is 1. The fourth-order valence-electron chi connectivity index (χ4n) is 3.19. The predicted octanol–water partition coefficient (Wildman–Crippen LogP) is 3.03. The van der Waals surface area contributed by atoms with Crippen LogP contribution in [-0.4, -0.2) is 50.3 Å². The Hall–Kier alpha value is -2.35. The molecule has 26 heavy (non-hydrogen) atoms. The van der Waals surface area contributed by atoms with Gasteiger partial charge < -0.3 is 14.6 Å². The molecule has 8 heteroatoms. The molecule has 5 nitrogen and oxygen atoms in total. The zero-order valence-corrected chi connectivity index (χ0v) is 14.3. The lowest BCUT2D eigenvalue weighted by molar-refractivity contribution is -0.250. The summed E-state index contributed by atoms with van der Waals surface area (Å²) >= 11 is 0. The molecule has 1 aromatic heterocycles. The van der Waals surface area contributed by atoms with E-state index in [4.69, 9.17) is 0 Å². The summed E-state index contributed by atoms with van der Waals surface area (Å²) in [6.45, 7) is 0.815. The second kappa shape index (κ2) is 6.75. The predicted molar refractivity (Wildman–Crippen MR) is 89.2 cm³/mol. The average molecular weight is 367 g/mol. The Balaban J connectivity index is 1.71. The second-order valence-corrected chi connectivity index (χ2v) is 6.62. The van der Waals surface area contributed by atoms with Crippen molar-refractivity contribution in [3.05, 3.63) is 42.7 Å². The fourth-order valence-corrected chi connectivity index (χ4v) is 3.19. The van der Waals surface area contributed by atoms with Crippen molar-refractivity contribution in [2.24, 2.45) is 0 Å². The van der Waals surface area contributed by atoms with Crippen LogP contribution in [0.25, 0.3) is 11.4 Å². The van der Waals surface area contributed by atoms with E-state index in [0.29, 0.717) is 19.8 Å². The molecule has 1 aromatic carbocycles. The topological polar surface area (TPSA) is 58.4 Å². The number of likely N-dealkylation sites (tertiary alicyclic amines) is 1. The van der Waals surface area contributed by atoms with Crippen LogP contribution in [0.4, 0.5) is 13.2 Å². The molecule has 0 spiro atoms. The highest BCUT2D eigenvalue weighted by molar-refractivity contribution is 5.85. The van der Waals surface area contributed by atoms with E-state index < -0.39 is 17.7 Å². The average Bonchev–Trinajstić information content (AvgIpc) is 3.10. The molecular weight excluding hydrogens is 347 g/mol. The van der Waals surface area contributed by atoms with Crippen LogP contribution < -0.4 is 0 Å². The first-order chi connectivity index (χ1) is 12.2. The van der Waals surface area contributed by atoms with Crippen molar-refractivity contribution in [2.45, 2.75) is 37.6 Å². The van der Waals surface area contributed by atoms with Crippen LogP contribution in [0.3, 0.4) is 0 Å². The Bertz CT molecular complexity index is 763. The molecule has 1 aliphatic heterocycles. The molecule has 3 rings (SSSR count). The minimum absolute atomic E-state index is 0.0348. The molecule has 1 fully saturated rings. The van der Waals surface area contributed by atoms with Gasteiger partial charge in [0.2, 0.25) is 5.60 Å². The summed E-state index contributed by atoms with van der Waals surface area (Å²) in [5.74, 6) is -0.505. The zero-order valence-electron chi connectivity index (χ0n) is 14.3. The van der Waals surface area contributed by atoms with Gasteiger partial charge in [-0.05, 0) is 19.8 Å². The van der Waals surface area contributed by atoms with E-state index in [1.165, 1.54) is 0 Å². The number of piperidine rings is 1. The number of alkyl halides is 3. The summed E-state index contributed by atoms with van der Waals surface area (Å²) in [4.78, 5) is 17.6. The number of carbonyl (C=O) groups excluding carboxylic acids is 1. The van der Waals surface area contributed by atoms with Gasteiger partial charge >= 0.3 is 6.18 Å². The Labute approximate surface area is 149 Å². The number of hydrogen-bond donors (Lipinski definition) is 1. The van der Waals surface area contributed by atoms with E-state index >= 15 is 0 Å². The van der Waals surface area contributed by atoms with Gasteiger partial charge in [-0.2, -0.15) is 13.2 Å². The van der Waals surface area contributed by atoms with E-state index in [1.807, 2.05) is 41.1 Å². The number of carbonyl (C=O) groups is 1. The lowest BCUT2D eigenvalue weighted by atomic mass is 9.99. The van der Waals surface area contributed by atoms with Crippen molar-refractivity contribution >= 4 is 5.91 Å². The normalized spacial score (nSPS) is 18.6. The Kier molecular flexibility index (Phi) is 4.79. The number of amides is 1. The van der Waals surface area contributed by atoms with Crippen molar-refractivity contribution in [1.82, 2.24) is 14.5 Å². The number of nitrogens with zero attached hydrogens (tertiary/aromatic N) is 3. The first-order valence-electron chi connectivity index (χ1n) is 8.38. The maximum Gasteiger partial charge on any atom is 0.426 e. The third-order valence-electron chi connectivity index (χ3n) is 4.81. The number of imidazole rings is 1. The van der Waals surface area contributed by atoms with Crippen LogP contribution in [0.1, 0.15) is 25.8 Å². The minimum Gasteiger partial charge on any atom is -0.373 e. The highest BCUT2D eigenvalue weighted by atomic mass is 19.4. The Morgan fingerprint density at radius 2 is 1.81 bits per heavy atom. The Morgan fingerprint density at radius 3 is 2.38 bits per heavy atom. The van der Waals surface area contributed by atoms with Gasteiger partial charge in [-0.3, -0.25) is 4.79 Å². The molecule has 0 unspecified atom stereocenters. The zero-order chi connectivity index (χ0) is 18.9. The monoisotopic (exact) mass is 367 g/mol. The quantitative estimate of drug-likeness (QED) is 0.907. The van der Waals surface area contributed by atoms with Gasteiger partial charge in [-0.15, -0.1) is 0 Å². The number of benzene rings is 1. The highest BCUT2D eigenvalue weighted by Crippen LogP contribution is 2.34. The lowest BCUT2D eigenvalue weighted by Crippen LogP contribution is -2.57. The van der Waals surface area contributed by atoms with Gasteiger partial charge in [0.05, 0.1) is 0 Å². The summed E-state index contributed by atoms with van der Waals surface area (Å²) in [5.41, 5.74) is -2.40.